The Morgan fingerprint density at radius 1 is 1.47 bits per heavy atom. The van der Waals surface area contributed by atoms with E-state index in [9.17, 15) is 0 Å². The number of rotatable bonds is 5. The second-order valence-corrected chi connectivity index (χ2v) is 6.26. The normalized spacial score (nSPS) is 19.9. The predicted molar refractivity (Wildman–Crippen MR) is 81.9 cm³/mol. The van der Waals surface area contributed by atoms with Gasteiger partial charge in [-0.25, -0.2) is 0 Å². The van der Waals surface area contributed by atoms with Crippen molar-refractivity contribution in [3.8, 4) is 0 Å². The molecule has 106 valence electrons. The van der Waals surface area contributed by atoms with Gasteiger partial charge in [0.15, 0.2) is 0 Å². The van der Waals surface area contributed by atoms with Crippen molar-refractivity contribution in [2.24, 2.45) is 11.7 Å². The molecule has 0 aromatic heterocycles. The molecule has 0 bridgehead atoms. The van der Waals surface area contributed by atoms with E-state index in [1.807, 2.05) is 0 Å². The summed E-state index contributed by atoms with van der Waals surface area (Å²) in [6.45, 7) is 4.51. The Labute approximate surface area is 124 Å². The van der Waals surface area contributed by atoms with Gasteiger partial charge in [0.1, 0.15) is 0 Å². The maximum Gasteiger partial charge on any atom is 0.0506 e. The van der Waals surface area contributed by atoms with Crippen molar-refractivity contribution in [2.45, 2.75) is 25.9 Å². The molecular weight excluding hydrogens is 304 g/mol. The summed E-state index contributed by atoms with van der Waals surface area (Å²) < 4.78 is 6.69. The molecule has 0 saturated carbocycles. The molecule has 0 amide bonds. The fourth-order valence-electron chi connectivity index (χ4n) is 2.59. The molecule has 1 heterocycles. The van der Waals surface area contributed by atoms with E-state index in [1.54, 1.807) is 0 Å². The van der Waals surface area contributed by atoms with E-state index in [-0.39, 0.29) is 0 Å². The Kier molecular flexibility index (Phi) is 5.82. The third kappa shape index (κ3) is 4.56. The Morgan fingerprint density at radius 2 is 2.32 bits per heavy atom. The summed E-state index contributed by atoms with van der Waals surface area (Å²) in [7, 11) is 2.18. The largest absolute Gasteiger partial charge is 0.381 e. The molecule has 1 fully saturated rings. The van der Waals surface area contributed by atoms with Crippen LogP contribution in [-0.4, -0.2) is 31.7 Å². The number of halogens is 1. The first-order chi connectivity index (χ1) is 9.19. The highest BCUT2D eigenvalue weighted by Gasteiger charge is 2.16. The van der Waals surface area contributed by atoms with Gasteiger partial charge in [-0.1, -0.05) is 28.1 Å². The van der Waals surface area contributed by atoms with Crippen LogP contribution in [0.5, 0.6) is 0 Å². The molecule has 2 N–H and O–H groups in total. The minimum absolute atomic E-state index is 0.591. The molecule has 1 unspecified atom stereocenters. The van der Waals surface area contributed by atoms with Crippen LogP contribution in [-0.2, 0) is 17.8 Å². The average molecular weight is 327 g/mol. The van der Waals surface area contributed by atoms with Crippen LogP contribution in [0, 0.1) is 5.92 Å². The highest BCUT2D eigenvalue weighted by molar-refractivity contribution is 9.10. The van der Waals surface area contributed by atoms with Crippen LogP contribution >= 0.6 is 15.9 Å². The van der Waals surface area contributed by atoms with Crippen molar-refractivity contribution < 1.29 is 4.74 Å². The van der Waals surface area contributed by atoms with Gasteiger partial charge in [0.05, 0.1) is 6.61 Å². The van der Waals surface area contributed by atoms with Gasteiger partial charge in [0.25, 0.3) is 0 Å². The SMILES string of the molecule is CN(Cc1ccc(CN)cc1Br)CC1CCCOC1. The van der Waals surface area contributed by atoms with Crippen molar-refractivity contribution in [3.63, 3.8) is 0 Å². The lowest BCUT2D eigenvalue weighted by Crippen LogP contribution is -2.30. The predicted octanol–water partition coefficient (Wildman–Crippen LogP) is 2.77. The van der Waals surface area contributed by atoms with E-state index < -0.39 is 0 Å². The van der Waals surface area contributed by atoms with E-state index >= 15 is 0 Å². The molecular formula is C15H23BrN2O. The fraction of sp³-hybridized carbons (Fsp3) is 0.600. The van der Waals surface area contributed by atoms with Crippen molar-refractivity contribution in [3.05, 3.63) is 33.8 Å². The first-order valence-corrected chi connectivity index (χ1v) is 7.72. The van der Waals surface area contributed by atoms with Crippen molar-refractivity contribution in [1.82, 2.24) is 4.90 Å². The summed E-state index contributed by atoms with van der Waals surface area (Å²) in [6.07, 6.45) is 2.49. The first-order valence-electron chi connectivity index (χ1n) is 6.92. The molecule has 1 atom stereocenters. The summed E-state index contributed by atoms with van der Waals surface area (Å²) >= 11 is 3.63. The topological polar surface area (TPSA) is 38.5 Å². The monoisotopic (exact) mass is 326 g/mol. The quantitative estimate of drug-likeness (QED) is 0.904. The van der Waals surface area contributed by atoms with Gasteiger partial charge in [-0.15, -0.1) is 0 Å². The Morgan fingerprint density at radius 3 is 2.95 bits per heavy atom. The standard InChI is InChI=1S/C15H23BrN2O/c1-18(9-13-3-2-6-19-11-13)10-14-5-4-12(8-17)7-15(14)16/h4-5,7,13H,2-3,6,8-11,17H2,1H3. The summed E-state index contributed by atoms with van der Waals surface area (Å²) in [5, 5.41) is 0. The van der Waals surface area contributed by atoms with Crippen molar-refractivity contribution >= 4 is 15.9 Å². The number of hydrogen-bond donors (Lipinski definition) is 1. The number of ether oxygens (including phenoxy) is 1. The van der Waals surface area contributed by atoms with Gasteiger partial charge < -0.3 is 15.4 Å². The van der Waals surface area contributed by atoms with Gasteiger partial charge >= 0.3 is 0 Å². The molecule has 1 aromatic carbocycles. The Bertz CT molecular complexity index is 405. The van der Waals surface area contributed by atoms with E-state index in [0.717, 1.165) is 30.8 Å². The molecule has 3 nitrogen and oxygen atoms in total. The van der Waals surface area contributed by atoms with Crippen LogP contribution < -0.4 is 5.73 Å². The van der Waals surface area contributed by atoms with Crippen LogP contribution in [0.2, 0.25) is 0 Å². The number of nitrogens with zero attached hydrogens (tertiary/aromatic N) is 1. The minimum Gasteiger partial charge on any atom is -0.381 e. The number of benzene rings is 1. The van der Waals surface area contributed by atoms with Gasteiger partial charge in [-0.3, -0.25) is 0 Å². The number of hydrogen-bond acceptors (Lipinski definition) is 3. The summed E-state index contributed by atoms with van der Waals surface area (Å²) in [4.78, 5) is 2.38. The number of nitrogens with two attached hydrogens (primary N) is 1. The first kappa shape index (κ1) is 15.0. The third-order valence-corrected chi connectivity index (χ3v) is 4.36. The second kappa shape index (κ2) is 7.39. The van der Waals surface area contributed by atoms with Crippen LogP contribution in [0.4, 0.5) is 0 Å². The molecule has 19 heavy (non-hydrogen) atoms. The van der Waals surface area contributed by atoms with E-state index in [4.69, 9.17) is 10.5 Å². The van der Waals surface area contributed by atoms with Gasteiger partial charge in [-0.2, -0.15) is 0 Å². The fourth-order valence-corrected chi connectivity index (χ4v) is 3.15. The molecule has 1 saturated heterocycles. The molecule has 0 radical (unpaired) electrons. The van der Waals surface area contributed by atoms with Crippen LogP contribution in [0.3, 0.4) is 0 Å². The van der Waals surface area contributed by atoms with Crippen LogP contribution in [0.15, 0.2) is 22.7 Å². The Balaban J connectivity index is 1.88. The molecule has 0 spiro atoms. The highest BCUT2D eigenvalue weighted by Crippen LogP contribution is 2.21. The highest BCUT2D eigenvalue weighted by atomic mass is 79.9. The third-order valence-electron chi connectivity index (χ3n) is 3.62. The zero-order valence-electron chi connectivity index (χ0n) is 11.6. The van der Waals surface area contributed by atoms with Gasteiger partial charge in [0, 0.05) is 30.7 Å². The summed E-state index contributed by atoms with van der Waals surface area (Å²) in [5.41, 5.74) is 8.13. The maximum absolute atomic E-state index is 5.65. The Hall–Kier alpha value is -0.420. The van der Waals surface area contributed by atoms with Crippen molar-refractivity contribution in [2.75, 3.05) is 26.8 Å². The summed E-state index contributed by atoms with van der Waals surface area (Å²) in [5.74, 6) is 0.681. The molecule has 1 aromatic rings. The lowest BCUT2D eigenvalue weighted by atomic mass is 10.0. The smallest absolute Gasteiger partial charge is 0.0506 e. The maximum atomic E-state index is 5.65. The van der Waals surface area contributed by atoms with E-state index in [0.29, 0.717) is 12.5 Å². The van der Waals surface area contributed by atoms with E-state index in [1.165, 1.54) is 24.0 Å². The zero-order chi connectivity index (χ0) is 13.7. The average Bonchev–Trinajstić information content (AvgIpc) is 2.42. The molecule has 1 aliphatic heterocycles. The molecule has 0 aliphatic carbocycles. The van der Waals surface area contributed by atoms with Gasteiger partial charge in [0.2, 0.25) is 0 Å². The van der Waals surface area contributed by atoms with Crippen molar-refractivity contribution in [1.29, 1.82) is 0 Å². The minimum atomic E-state index is 0.591. The molecule has 2 rings (SSSR count). The second-order valence-electron chi connectivity index (χ2n) is 5.41. The van der Waals surface area contributed by atoms with Crippen LogP contribution in [0.25, 0.3) is 0 Å². The lowest BCUT2D eigenvalue weighted by Gasteiger charge is -2.27. The molecule has 4 heteroatoms. The summed E-state index contributed by atoms with van der Waals surface area (Å²) in [6, 6.07) is 6.39. The molecule has 1 aliphatic rings. The van der Waals surface area contributed by atoms with Gasteiger partial charge in [-0.05, 0) is 43.0 Å². The van der Waals surface area contributed by atoms with E-state index in [2.05, 4.69) is 46.1 Å². The zero-order valence-corrected chi connectivity index (χ0v) is 13.2. The lowest BCUT2D eigenvalue weighted by molar-refractivity contribution is 0.0411. The van der Waals surface area contributed by atoms with Crippen LogP contribution in [0.1, 0.15) is 24.0 Å².